The lowest BCUT2D eigenvalue weighted by molar-refractivity contribution is -0.123. The minimum absolute atomic E-state index is 0.0288. The highest BCUT2D eigenvalue weighted by atomic mass is 16.5. The molecule has 0 bridgehead atoms. The quantitative estimate of drug-likeness (QED) is 0.890. The number of hydrogen-bond donors (Lipinski definition) is 1. The summed E-state index contributed by atoms with van der Waals surface area (Å²) in [7, 11) is 0. The molecule has 0 saturated heterocycles. The number of ether oxygens (including phenoxy) is 1. The van der Waals surface area contributed by atoms with E-state index >= 15 is 0 Å². The first-order valence-corrected chi connectivity index (χ1v) is 7.57. The molecule has 2 aromatic rings. The Balaban J connectivity index is 1.79. The van der Waals surface area contributed by atoms with Crippen LogP contribution in [-0.2, 0) is 11.3 Å². The van der Waals surface area contributed by atoms with Crippen LogP contribution in [0.25, 0.3) is 0 Å². The first-order valence-electron chi connectivity index (χ1n) is 7.57. The summed E-state index contributed by atoms with van der Waals surface area (Å²) >= 11 is 0. The van der Waals surface area contributed by atoms with Crippen molar-refractivity contribution < 1.29 is 9.53 Å². The maximum Gasteiger partial charge on any atom is 0.258 e. The average Bonchev–Trinajstić information content (AvgIpc) is 2.58. The average molecular weight is 308 g/mol. The third kappa shape index (κ3) is 5.15. The van der Waals surface area contributed by atoms with Crippen molar-refractivity contribution >= 4 is 5.91 Å². The van der Waals surface area contributed by atoms with Gasteiger partial charge in [0.15, 0.2) is 6.61 Å². The van der Waals surface area contributed by atoms with Crippen molar-refractivity contribution in [2.24, 2.45) is 0 Å². The third-order valence-electron chi connectivity index (χ3n) is 3.46. The molecular weight excluding hydrogens is 288 g/mol. The molecule has 0 aliphatic heterocycles. The molecule has 0 fully saturated rings. The van der Waals surface area contributed by atoms with E-state index in [4.69, 9.17) is 10.00 Å². The second kappa shape index (κ2) is 8.00. The number of amides is 1. The number of nitrogens with zero attached hydrogens (tertiary/aromatic N) is 1. The summed E-state index contributed by atoms with van der Waals surface area (Å²) in [6.07, 6.45) is 0. The first kappa shape index (κ1) is 16.6. The molecule has 118 valence electrons. The summed E-state index contributed by atoms with van der Waals surface area (Å²) in [6, 6.07) is 17.0. The number of nitriles is 1. The lowest BCUT2D eigenvalue weighted by Crippen LogP contribution is -2.28. The fourth-order valence-corrected chi connectivity index (χ4v) is 2.10. The number of nitrogens with one attached hydrogen (secondary N) is 1. The summed E-state index contributed by atoms with van der Waals surface area (Å²) in [5.41, 5.74) is 2.70. The van der Waals surface area contributed by atoms with Gasteiger partial charge >= 0.3 is 0 Å². The van der Waals surface area contributed by atoms with Crippen molar-refractivity contribution in [3.63, 3.8) is 0 Å². The van der Waals surface area contributed by atoms with Gasteiger partial charge in [-0.1, -0.05) is 38.1 Å². The van der Waals surface area contributed by atoms with Gasteiger partial charge < -0.3 is 10.1 Å². The number of rotatable bonds is 6. The monoisotopic (exact) mass is 308 g/mol. The van der Waals surface area contributed by atoms with Crippen LogP contribution >= 0.6 is 0 Å². The van der Waals surface area contributed by atoms with Gasteiger partial charge in [-0.15, -0.1) is 0 Å². The van der Waals surface area contributed by atoms with Crippen molar-refractivity contribution in [1.82, 2.24) is 5.32 Å². The van der Waals surface area contributed by atoms with Gasteiger partial charge in [0.2, 0.25) is 0 Å². The second-order valence-electron chi connectivity index (χ2n) is 5.60. The van der Waals surface area contributed by atoms with Gasteiger partial charge in [-0.25, -0.2) is 0 Å². The predicted octanol–water partition coefficient (Wildman–Crippen LogP) is 3.38. The molecule has 0 aliphatic rings. The summed E-state index contributed by atoms with van der Waals surface area (Å²) in [4.78, 5) is 11.8. The lowest BCUT2D eigenvalue weighted by atomic mass is 10.0. The largest absolute Gasteiger partial charge is 0.484 e. The van der Waals surface area contributed by atoms with E-state index in [0.29, 0.717) is 23.8 Å². The Morgan fingerprint density at radius 3 is 2.61 bits per heavy atom. The fraction of sp³-hybridized carbons (Fsp3) is 0.263. The van der Waals surface area contributed by atoms with E-state index in [9.17, 15) is 4.79 Å². The predicted molar refractivity (Wildman–Crippen MR) is 89.0 cm³/mol. The minimum atomic E-state index is -0.194. The van der Waals surface area contributed by atoms with Gasteiger partial charge in [0, 0.05) is 6.54 Å². The number of carbonyl (C=O) groups excluding carboxylic acids is 1. The van der Waals surface area contributed by atoms with Crippen molar-refractivity contribution in [2.45, 2.75) is 26.3 Å². The zero-order valence-electron chi connectivity index (χ0n) is 13.4. The van der Waals surface area contributed by atoms with Gasteiger partial charge in [-0.3, -0.25) is 4.79 Å². The summed E-state index contributed by atoms with van der Waals surface area (Å²) in [5, 5.41) is 11.6. The Morgan fingerprint density at radius 2 is 1.96 bits per heavy atom. The normalized spacial score (nSPS) is 10.2. The molecule has 23 heavy (non-hydrogen) atoms. The molecule has 2 rings (SSSR count). The fourth-order valence-electron chi connectivity index (χ4n) is 2.10. The van der Waals surface area contributed by atoms with Crippen LogP contribution in [0, 0.1) is 11.3 Å². The SMILES string of the molecule is CC(C)c1ccc(OCC(=O)NCc2cccc(C#N)c2)cc1. The molecule has 0 unspecified atom stereocenters. The molecule has 0 aliphatic carbocycles. The van der Waals surface area contributed by atoms with Crippen LogP contribution in [0.4, 0.5) is 0 Å². The van der Waals surface area contributed by atoms with Crippen LogP contribution in [0.5, 0.6) is 5.75 Å². The Morgan fingerprint density at radius 1 is 1.22 bits per heavy atom. The van der Waals surface area contributed by atoms with Crippen LogP contribution < -0.4 is 10.1 Å². The zero-order valence-corrected chi connectivity index (χ0v) is 13.4. The molecule has 0 radical (unpaired) electrons. The van der Waals surface area contributed by atoms with E-state index in [2.05, 4.69) is 25.2 Å². The maximum absolute atomic E-state index is 11.8. The van der Waals surface area contributed by atoms with E-state index in [1.807, 2.05) is 30.3 Å². The van der Waals surface area contributed by atoms with Gasteiger partial charge in [-0.2, -0.15) is 5.26 Å². The second-order valence-corrected chi connectivity index (χ2v) is 5.60. The molecule has 1 N–H and O–H groups in total. The van der Waals surface area contributed by atoms with Crippen molar-refractivity contribution in [2.75, 3.05) is 6.61 Å². The van der Waals surface area contributed by atoms with Crippen LogP contribution in [0.3, 0.4) is 0 Å². The Kier molecular flexibility index (Phi) is 5.76. The van der Waals surface area contributed by atoms with Gasteiger partial charge in [0.05, 0.1) is 11.6 Å². The highest BCUT2D eigenvalue weighted by Gasteiger charge is 2.04. The molecule has 0 atom stereocenters. The zero-order chi connectivity index (χ0) is 16.7. The summed E-state index contributed by atoms with van der Waals surface area (Å²) in [5.74, 6) is 0.952. The molecule has 4 heteroatoms. The Bertz CT molecular complexity index is 700. The van der Waals surface area contributed by atoms with E-state index in [1.165, 1.54) is 5.56 Å². The van der Waals surface area contributed by atoms with Crippen molar-refractivity contribution in [3.05, 3.63) is 65.2 Å². The highest BCUT2D eigenvalue weighted by molar-refractivity contribution is 5.77. The topological polar surface area (TPSA) is 62.1 Å². The van der Waals surface area contributed by atoms with Gasteiger partial charge in [0.25, 0.3) is 5.91 Å². The number of benzene rings is 2. The van der Waals surface area contributed by atoms with E-state index in [-0.39, 0.29) is 12.5 Å². The molecule has 4 nitrogen and oxygen atoms in total. The summed E-state index contributed by atoms with van der Waals surface area (Å²) in [6.45, 7) is 4.61. The molecule has 2 aromatic carbocycles. The van der Waals surface area contributed by atoms with Crippen molar-refractivity contribution in [3.8, 4) is 11.8 Å². The Hall–Kier alpha value is -2.80. The van der Waals surface area contributed by atoms with E-state index in [0.717, 1.165) is 5.56 Å². The van der Waals surface area contributed by atoms with Crippen LogP contribution in [0.15, 0.2) is 48.5 Å². The molecule has 0 saturated carbocycles. The first-order chi connectivity index (χ1) is 11.1. The molecule has 0 aromatic heterocycles. The van der Waals surface area contributed by atoms with Crippen LogP contribution in [0.2, 0.25) is 0 Å². The molecule has 0 spiro atoms. The highest BCUT2D eigenvalue weighted by Crippen LogP contribution is 2.18. The smallest absolute Gasteiger partial charge is 0.258 e. The minimum Gasteiger partial charge on any atom is -0.484 e. The molecule has 0 heterocycles. The van der Waals surface area contributed by atoms with E-state index < -0.39 is 0 Å². The summed E-state index contributed by atoms with van der Waals surface area (Å²) < 4.78 is 5.47. The molecular formula is C19H20N2O2. The van der Waals surface area contributed by atoms with Gasteiger partial charge in [0.1, 0.15) is 5.75 Å². The van der Waals surface area contributed by atoms with E-state index in [1.54, 1.807) is 18.2 Å². The standard InChI is InChI=1S/C19H20N2O2/c1-14(2)17-6-8-18(9-7-17)23-13-19(22)21-12-16-5-3-4-15(10-16)11-20/h3-10,14H,12-13H2,1-2H3,(H,21,22). The Labute approximate surface area is 136 Å². The number of carbonyl (C=O) groups is 1. The number of hydrogen-bond acceptors (Lipinski definition) is 3. The van der Waals surface area contributed by atoms with Crippen LogP contribution in [0.1, 0.15) is 36.5 Å². The van der Waals surface area contributed by atoms with Crippen molar-refractivity contribution in [1.29, 1.82) is 5.26 Å². The third-order valence-corrected chi connectivity index (χ3v) is 3.46. The maximum atomic E-state index is 11.8. The molecule has 1 amide bonds. The lowest BCUT2D eigenvalue weighted by Gasteiger charge is -2.09. The van der Waals surface area contributed by atoms with Gasteiger partial charge in [-0.05, 0) is 41.3 Å². The van der Waals surface area contributed by atoms with Crippen LogP contribution in [-0.4, -0.2) is 12.5 Å².